The number of hydrogen-bond acceptors (Lipinski definition) is 10. The highest BCUT2D eigenvalue weighted by atomic mass is 79.9. The van der Waals surface area contributed by atoms with Crippen LogP contribution in [0.15, 0.2) is 68.8 Å². The highest BCUT2D eigenvalue weighted by molar-refractivity contribution is 8.93. The van der Waals surface area contributed by atoms with E-state index in [2.05, 4.69) is 20.9 Å². The maximum atomic E-state index is 13.9. The molecule has 0 radical (unpaired) electrons. The van der Waals surface area contributed by atoms with Crippen LogP contribution in [0.1, 0.15) is 47.2 Å². The first-order valence-electron chi connectivity index (χ1n) is 16.1. The highest BCUT2D eigenvalue weighted by Crippen LogP contribution is 2.20. The number of carbonyl (C=O) groups is 5. The number of amides is 5. The summed E-state index contributed by atoms with van der Waals surface area (Å²) in [7, 11) is 0. The van der Waals surface area contributed by atoms with E-state index < -0.39 is 65.9 Å². The first-order chi connectivity index (χ1) is 23.9. The van der Waals surface area contributed by atoms with Gasteiger partial charge in [-0.3, -0.25) is 34.3 Å². The number of aryl methyl sites for hydroxylation is 1. The van der Waals surface area contributed by atoms with Crippen LogP contribution in [0.4, 0.5) is 0 Å². The number of guanidine groups is 1. The minimum Gasteiger partial charge on any atom is -0.423 e. The summed E-state index contributed by atoms with van der Waals surface area (Å²) in [4.78, 5) is 83.9. The fraction of sp³-hybridized carbons (Fsp3) is 0.382. The summed E-state index contributed by atoms with van der Waals surface area (Å²) >= 11 is 0. The van der Waals surface area contributed by atoms with Crippen molar-refractivity contribution in [2.75, 3.05) is 19.7 Å². The molecule has 2 heterocycles. The number of aliphatic hydroxyl groups excluding tert-OH is 1. The third-order valence-electron chi connectivity index (χ3n) is 8.30. The number of fused-ring (bicyclic) bond motifs is 1. The van der Waals surface area contributed by atoms with Crippen molar-refractivity contribution in [1.29, 1.82) is 0 Å². The Kier molecular flexibility index (Phi) is 14.8. The Hall–Kier alpha value is -5.13. The Morgan fingerprint density at radius 1 is 1.02 bits per heavy atom. The SMILES string of the molecule is Br.Cc1cc(=O)oc2cc(C(=O)NC(=O)[C@H](CCCN=C(N)N)NC(=O)[C@H](Cc3ccccc3)NC(=O)[C@@H]3CCCN3C(=O)[C@H](N)CO)ccc12. The molecule has 2 aromatic carbocycles. The van der Waals surface area contributed by atoms with Gasteiger partial charge in [0.15, 0.2) is 5.96 Å². The molecule has 1 fully saturated rings. The fourth-order valence-corrected chi connectivity index (χ4v) is 5.70. The van der Waals surface area contributed by atoms with Crippen LogP contribution in [0.2, 0.25) is 0 Å². The molecule has 3 aromatic rings. The molecule has 0 spiro atoms. The van der Waals surface area contributed by atoms with Crippen LogP contribution < -0.4 is 38.8 Å². The molecular formula is C34H43BrN8O8. The van der Waals surface area contributed by atoms with Crippen LogP contribution >= 0.6 is 17.0 Å². The highest BCUT2D eigenvalue weighted by Gasteiger charge is 2.38. The predicted molar refractivity (Wildman–Crippen MR) is 194 cm³/mol. The summed E-state index contributed by atoms with van der Waals surface area (Å²) in [5, 5.41) is 17.7. The van der Waals surface area contributed by atoms with Crippen molar-refractivity contribution in [2.24, 2.45) is 22.2 Å². The number of rotatable bonds is 14. The lowest BCUT2D eigenvalue weighted by molar-refractivity contribution is -0.141. The largest absolute Gasteiger partial charge is 0.423 e. The van der Waals surface area contributed by atoms with E-state index in [1.165, 1.54) is 23.1 Å². The number of aliphatic imine (C=N–C) groups is 1. The molecule has 16 nitrogen and oxygen atoms in total. The molecule has 0 bridgehead atoms. The Bertz CT molecular complexity index is 1810. The Morgan fingerprint density at radius 3 is 2.43 bits per heavy atom. The molecule has 1 aliphatic heterocycles. The zero-order valence-corrected chi connectivity index (χ0v) is 29.7. The van der Waals surface area contributed by atoms with Gasteiger partial charge >= 0.3 is 5.63 Å². The number of aliphatic hydroxyl groups is 1. The topological polar surface area (TPSA) is 266 Å². The van der Waals surface area contributed by atoms with E-state index in [1.54, 1.807) is 43.3 Å². The van der Waals surface area contributed by atoms with Gasteiger partial charge in [0.25, 0.3) is 5.91 Å². The molecule has 274 valence electrons. The second-order valence-corrected chi connectivity index (χ2v) is 12.0. The number of imide groups is 1. The number of likely N-dealkylation sites (tertiary alicyclic amines) is 1. The van der Waals surface area contributed by atoms with Crippen LogP contribution in [0.5, 0.6) is 0 Å². The van der Waals surface area contributed by atoms with Crippen LogP contribution in [0, 0.1) is 6.92 Å². The molecule has 51 heavy (non-hydrogen) atoms. The van der Waals surface area contributed by atoms with Crippen molar-refractivity contribution >= 4 is 63.4 Å². The lowest BCUT2D eigenvalue weighted by Crippen LogP contribution is -2.58. The molecule has 0 aliphatic carbocycles. The van der Waals surface area contributed by atoms with Gasteiger partial charge in [-0.1, -0.05) is 36.4 Å². The standard InChI is InChI=1S/C34H42N8O8.BrH/c1-19-15-28(44)50-27-17-21(11-12-22(19)27)29(45)41-30(46)24(9-5-13-38-34(36)37)39-31(47)25(16-20-7-3-2-4-8-20)40-32(48)26-10-6-14-42(26)33(49)23(35)18-43;/h2-4,7-8,11-12,15,17,23-26,43H,5-6,9-10,13-14,16,18,35H2,1H3,(H,39,47)(H,40,48)(H4,36,37,38)(H,41,45,46);1H/t23-,24+,25+,26+;/m1./s1. The van der Waals surface area contributed by atoms with Crippen LogP contribution in [0.3, 0.4) is 0 Å². The van der Waals surface area contributed by atoms with Crippen LogP contribution in [0.25, 0.3) is 11.0 Å². The molecule has 1 aromatic heterocycles. The van der Waals surface area contributed by atoms with Gasteiger partial charge < -0.3 is 42.3 Å². The van der Waals surface area contributed by atoms with Crippen molar-refractivity contribution in [3.63, 3.8) is 0 Å². The zero-order chi connectivity index (χ0) is 36.4. The first-order valence-corrected chi connectivity index (χ1v) is 16.1. The molecule has 5 amide bonds. The molecule has 10 N–H and O–H groups in total. The van der Waals surface area contributed by atoms with Crippen LogP contribution in [-0.4, -0.2) is 89.4 Å². The number of nitrogens with one attached hydrogen (secondary N) is 3. The Labute approximate surface area is 304 Å². The maximum Gasteiger partial charge on any atom is 0.336 e. The predicted octanol–water partition coefficient (Wildman–Crippen LogP) is -0.488. The molecule has 4 rings (SSSR count). The molecule has 17 heteroatoms. The van der Waals surface area contributed by atoms with Gasteiger partial charge in [0.05, 0.1) is 6.61 Å². The van der Waals surface area contributed by atoms with Gasteiger partial charge in [-0.05, 0) is 55.9 Å². The summed E-state index contributed by atoms with van der Waals surface area (Å²) in [6.45, 7) is 1.52. The normalized spacial score (nSPS) is 15.5. The van der Waals surface area contributed by atoms with E-state index in [-0.39, 0.29) is 66.4 Å². The van der Waals surface area contributed by atoms with Gasteiger partial charge in [0.1, 0.15) is 29.8 Å². The second-order valence-electron chi connectivity index (χ2n) is 12.0. The quantitative estimate of drug-likeness (QED) is 0.0476. The second kappa shape index (κ2) is 18.7. The van der Waals surface area contributed by atoms with Gasteiger partial charge in [-0.15, -0.1) is 17.0 Å². The lowest BCUT2D eigenvalue weighted by atomic mass is 10.0. The van der Waals surface area contributed by atoms with Crippen molar-refractivity contribution in [3.8, 4) is 0 Å². The van der Waals surface area contributed by atoms with Crippen LogP contribution in [-0.2, 0) is 25.6 Å². The van der Waals surface area contributed by atoms with Crippen molar-refractivity contribution in [3.05, 3.63) is 81.7 Å². The van der Waals surface area contributed by atoms with E-state index >= 15 is 0 Å². The molecule has 0 saturated carbocycles. The smallest absolute Gasteiger partial charge is 0.336 e. The van der Waals surface area contributed by atoms with E-state index in [0.29, 0.717) is 29.4 Å². The first kappa shape index (κ1) is 40.3. The van der Waals surface area contributed by atoms with Gasteiger partial charge in [-0.2, -0.15) is 0 Å². The van der Waals surface area contributed by atoms with Gasteiger partial charge in [0.2, 0.25) is 23.6 Å². The van der Waals surface area contributed by atoms with Gasteiger partial charge in [0, 0.05) is 36.5 Å². The summed E-state index contributed by atoms with van der Waals surface area (Å²) in [6.07, 6.45) is 1.14. The Morgan fingerprint density at radius 2 is 1.75 bits per heavy atom. The third kappa shape index (κ3) is 10.9. The molecule has 1 aliphatic rings. The molecular weight excluding hydrogens is 728 g/mol. The fourth-order valence-electron chi connectivity index (χ4n) is 5.70. The van der Waals surface area contributed by atoms with Crippen molar-refractivity contribution in [1.82, 2.24) is 20.9 Å². The van der Waals surface area contributed by atoms with E-state index in [9.17, 15) is 33.9 Å². The minimum absolute atomic E-state index is 0. The third-order valence-corrected chi connectivity index (χ3v) is 8.30. The molecule has 4 atom stereocenters. The number of nitrogens with two attached hydrogens (primary N) is 3. The zero-order valence-electron chi connectivity index (χ0n) is 28.0. The summed E-state index contributed by atoms with van der Waals surface area (Å²) in [6, 6.07) is 10.0. The Balaban J connectivity index is 0.00000702. The number of halogens is 1. The summed E-state index contributed by atoms with van der Waals surface area (Å²) in [5.41, 5.74) is 17.5. The average Bonchev–Trinajstić information content (AvgIpc) is 3.58. The molecule has 0 unspecified atom stereocenters. The van der Waals surface area contributed by atoms with Crippen molar-refractivity contribution < 1.29 is 33.5 Å². The van der Waals surface area contributed by atoms with E-state index in [0.717, 1.165) is 0 Å². The number of carbonyl (C=O) groups excluding carboxylic acids is 5. The van der Waals surface area contributed by atoms with Crippen molar-refractivity contribution in [2.45, 2.75) is 63.2 Å². The average molecular weight is 772 g/mol. The maximum absolute atomic E-state index is 13.9. The minimum atomic E-state index is -1.26. The number of nitrogens with zero attached hydrogens (tertiary/aromatic N) is 2. The number of benzene rings is 2. The van der Waals surface area contributed by atoms with E-state index in [4.69, 9.17) is 21.6 Å². The van der Waals surface area contributed by atoms with E-state index in [1.807, 2.05) is 0 Å². The summed E-state index contributed by atoms with van der Waals surface area (Å²) < 4.78 is 5.22. The molecule has 1 saturated heterocycles. The van der Waals surface area contributed by atoms with Gasteiger partial charge in [-0.25, -0.2) is 4.79 Å². The number of hydrogen-bond donors (Lipinski definition) is 7. The lowest BCUT2D eigenvalue weighted by Gasteiger charge is -2.28. The summed E-state index contributed by atoms with van der Waals surface area (Å²) in [5.74, 6) is -3.70. The monoisotopic (exact) mass is 770 g/mol.